The van der Waals surface area contributed by atoms with Crippen molar-refractivity contribution < 1.29 is 22.2 Å². The number of benzene rings is 2. The van der Waals surface area contributed by atoms with Crippen molar-refractivity contribution in [3.8, 4) is 0 Å². The van der Waals surface area contributed by atoms with Crippen molar-refractivity contribution in [3.63, 3.8) is 0 Å². The summed E-state index contributed by atoms with van der Waals surface area (Å²) in [7, 11) is -1.10. The third kappa shape index (κ3) is 4.92. The quantitative estimate of drug-likeness (QED) is 0.893. The van der Waals surface area contributed by atoms with Crippen molar-refractivity contribution in [2.75, 3.05) is 12.8 Å². The fraction of sp³-hybridized carbons (Fsp3) is 0.235. The van der Waals surface area contributed by atoms with Crippen LogP contribution in [0.5, 0.6) is 0 Å². The smallest absolute Gasteiger partial charge is 0.352 e. The predicted molar refractivity (Wildman–Crippen MR) is 86.3 cm³/mol. The molecule has 1 amide bonds. The van der Waals surface area contributed by atoms with Crippen LogP contribution in [-0.2, 0) is 23.4 Å². The second-order valence-corrected chi connectivity index (χ2v) is 6.56. The van der Waals surface area contributed by atoms with Gasteiger partial charge in [0.1, 0.15) is 0 Å². The van der Waals surface area contributed by atoms with Crippen LogP contribution >= 0.6 is 0 Å². The van der Waals surface area contributed by atoms with E-state index in [-0.39, 0.29) is 5.91 Å². The Kier molecular flexibility index (Phi) is 5.77. The molecule has 2 aromatic rings. The molecule has 0 fully saturated rings. The Morgan fingerprint density at radius 2 is 1.62 bits per heavy atom. The van der Waals surface area contributed by atoms with Crippen molar-refractivity contribution in [1.82, 2.24) is 5.32 Å². The Morgan fingerprint density at radius 1 is 1.04 bits per heavy atom. The molecule has 0 aliphatic rings. The molecule has 2 aromatic carbocycles. The van der Waals surface area contributed by atoms with Crippen LogP contribution in [0, 0.1) is 0 Å². The lowest BCUT2D eigenvalue weighted by Crippen LogP contribution is -2.25. The largest absolute Gasteiger partial charge is 0.416 e. The van der Waals surface area contributed by atoms with Gasteiger partial charge in [0.15, 0.2) is 0 Å². The van der Waals surface area contributed by atoms with E-state index in [0.29, 0.717) is 29.0 Å². The molecule has 2 rings (SSSR count). The molecule has 128 valence electrons. The lowest BCUT2D eigenvalue weighted by Gasteiger charge is -2.08. The zero-order valence-electron chi connectivity index (χ0n) is 12.9. The number of hydrogen-bond donors (Lipinski definition) is 1. The average Bonchev–Trinajstić information content (AvgIpc) is 2.54. The average molecular weight is 355 g/mol. The van der Waals surface area contributed by atoms with Crippen molar-refractivity contribution in [1.29, 1.82) is 0 Å². The SMILES string of the molecule is CS(=O)c1ccc(C(=O)NCCc2ccc(C(F)(F)F)cc2)cc1. The fourth-order valence-electron chi connectivity index (χ4n) is 2.08. The first-order chi connectivity index (χ1) is 11.3. The van der Waals surface area contributed by atoms with Crippen molar-refractivity contribution in [2.45, 2.75) is 17.5 Å². The Balaban J connectivity index is 1.87. The molecule has 1 atom stereocenters. The molecule has 0 spiro atoms. The van der Waals surface area contributed by atoms with Crippen molar-refractivity contribution in [3.05, 3.63) is 65.2 Å². The normalized spacial score (nSPS) is 12.7. The molecule has 1 unspecified atom stereocenters. The maximum Gasteiger partial charge on any atom is 0.416 e. The molecular formula is C17H16F3NO2S. The number of alkyl halides is 3. The molecule has 0 saturated carbocycles. The van der Waals surface area contributed by atoms with Crippen LogP contribution in [0.3, 0.4) is 0 Å². The van der Waals surface area contributed by atoms with Gasteiger partial charge in [0, 0.05) is 34.1 Å². The third-order valence-corrected chi connectivity index (χ3v) is 4.36. The summed E-state index contributed by atoms with van der Waals surface area (Å²) in [6.45, 7) is 0.311. The summed E-state index contributed by atoms with van der Waals surface area (Å²) in [5.74, 6) is -0.282. The minimum absolute atomic E-state index is 0.282. The number of hydrogen-bond acceptors (Lipinski definition) is 2. The van der Waals surface area contributed by atoms with Gasteiger partial charge < -0.3 is 5.32 Å². The first-order valence-corrected chi connectivity index (χ1v) is 8.71. The van der Waals surface area contributed by atoms with Gasteiger partial charge in [-0.3, -0.25) is 9.00 Å². The van der Waals surface area contributed by atoms with Gasteiger partial charge in [-0.2, -0.15) is 13.2 Å². The molecule has 0 aliphatic heterocycles. The van der Waals surface area contributed by atoms with E-state index in [1.165, 1.54) is 12.1 Å². The monoisotopic (exact) mass is 355 g/mol. The van der Waals surface area contributed by atoms with Crippen LogP contribution < -0.4 is 5.32 Å². The summed E-state index contributed by atoms with van der Waals surface area (Å²) in [5, 5.41) is 2.70. The molecular weight excluding hydrogens is 339 g/mol. The van der Waals surface area contributed by atoms with Crippen LogP contribution in [-0.4, -0.2) is 22.9 Å². The number of amides is 1. The highest BCUT2D eigenvalue weighted by Gasteiger charge is 2.29. The van der Waals surface area contributed by atoms with Gasteiger partial charge in [-0.05, 0) is 48.4 Å². The van der Waals surface area contributed by atoms with E-state index in [2.05, 4.69) is 5.32 Å². The van der Waals surface area contributed by atoms with Gasteiger partial charge in [-0.25, -0.2) is 0 Å². The van der Waals surface area contributed by atoms with Gasteiger partial charge in [0.25, 0.3) is 5.91 Å². The predicted octanol–water partition coefficient (Wildman–Crippen LogP) is 3.42. The highest BCUT2D eigenvalue weighted by atomic mass is 32.2. The fourth-order valence-corrected chi connectivity index (χ4v) is 2.60. The summed E-state index contributed by atoms with van der Waals surface area (Å²) in [6.07, 6.45) is -2.36. The van der Waals surface area contributed by atoms with Crippen LogP contribution in [0.4, 0.5) is 13.2 Å². The number of halogens is 3. The van der Waals surface area contributed by atoms with Gasteiger partial charge in [0.2, 0.25) is 0 Å². The highest BCUT2D eigenvalue weighted by molar-refractivity contribution is 7.84. The van der Waals surface area contributed by atoms with Crippen molar-refractivity contribution in [2.24, 2.45) is 0 Å². The Bertz CT molecular complexity index is 725. The molecule has 0 bridgehead atoms. The van der Waals surface area contributed by atoms with Crippen LogP contribution in [0.15, 0.2) is 53.4 Å². The molecule has 24 heavy (non-hydrogen) atoms. The lowest BCUT2D eigenvalue weighted by molar-refractivity contribution is -0.137. The second-order valence-electron chi connectivity index (χ2n) is 5.18. The highest BCUT2D eigenvalue weighted by Crippen LogP contribution is 2.29. The van der Waals surface area contributed by atoms with E-state index >= 15 is 0 Å². The van der Waals surface area contributed by atoms with E-state index in [9.17, 15) is 22.2 Å². The molecule has 0 radical (unpaired) electrons. The van der Waals surface area contributed by atoms with Crippen LogP contribution in [0.25, 0.3) is 0 Å². The Morgan fingerprint density at radius 3 is 2.12 bits per heavy atom. The van der Waals surface area contributed by atoms with E-state index in [1.807, 2.05) is 0 Å². The lowest BCUT2D eigenvalue weighted by atomic mass is 10.1. The van der Waals surface area contributed by atoms with Gasteiger partial charge in [0.05, 0.1) is 5.56 Å². The van der Waals surface area contributed by atoms with Gasteiger partial charge in [-0.1, -0.05) is 12.1 Å². The molecule has 3 nitrogen and oxygen atoms in total. The zero-order valence-corrected chi connectivity index (χ0v) is 13.7. The van der Waals surface area contributed by atoms with Gasteiger partial charge >= 0.3 is 6.18 Å². The summed E-state index contributed by atoms with van der Waals surface area (Å²) < 4.78 is 48.7. The second kappa shape index (κ2) is 7.61. The maximum absolute atomic E-state index is 12.5. The van der Waals surface area contributed by atoms with E-state index < -0.39 is 22.5 Å². The van der Waals surface area contributed by atoms with E-state index in [4.69, 9.17) is 0 Å². The minimum atomic E-state index is -4.35. The van der Waals surface area contributed by atoms with Crippen LogP contribution in [0.2, 0.25) is 0 Å². The molecule has 1 N–H and O–H groups in total. The zero-order chi connectivity index (χ0) is 17.7. The summed E-state index contributed by atoms with van der Waals surface area (Å²) in [6, 6.07) is 11.3. The molecule has 7 heteroatoms. The topological polar surface area (TPSA) is 46.2 Å². The van der Waals surface area contributed by atoms with E-state index in [1.54, 1.807) is 30.5 Å². The molecule has 0 saturated heterocycles. The van der Waals surface area contributed by atoms with Crippen LogP contribution in [0.1, 0.15) is 21.5 Å². The minimum Gasteiger partial charge on any atom is -0.352 e. The first kappa shape index (κ1) is 18.2. The molecule has 0 aliphatic carbocycles. The summed E-state index contributed by atoms with van der Waals surface area (Å²) in [4.78, 5) is 12.6. The Hall–Kier alpha value is -2.15. The maximum atomic E-state index is 12.5. The number of carbonyl (C=O) groups excluding carboxylic acids is 1. The third-order valence-electron chi connectivity index (χ3n) is 3.43. The standard InChI is InChI=1S/C17H16F3NO2S/c1-24(23)15-8-4-13(5-9-15)16(22)21-11-10-12-2-6-14(7-3-12)17(18,19)20/h2-9H,10-11H2,1H3,(H,21,22). The van der Waals surface area contributed by atoms with E-state index in [0.717, 1.165) is 12.1 Å². The molecule has 0 aromatic heterocycles. The molecule has 0 heterocycles. The summed E-state index contributed by atoms with van der Waals surface area (Å²) in [5.41, 5.74) is 0.459. The summed E-state index contributed by atoms with van der Waals surface area (Å²) >= 11 is 0. The number of nitrogens with one attached hydrogen (secondary N) is 1. The number of carbonyl (C=O) groups is 1. The van der Waals surface area contributed by atoms with Gasteiger partial charge in [-0.15, -0.1) is 0 Å². The van der Waals surface area contributed by atoms with Crippen molar-refractivity contribution >= 4 is 16.7 Å². The first-order valence-electron chi connectivity index (χ1n) is 7.15. The Labute approximate surface area is 140 Å². The number of rotatable bonds is 5.